The number of rotatable bonds is 8. The van der Waals surface area contributed by atoms with Gasteiger partial charge in [0, 0.05) is 36.6 Å². The molecule has 4 nitrogen and oxygen atoms in total. The fourth-order valence-electron chi connectivity index (χ4n) is 1.97. The third-order valence-corrected chi connectivity index (χ3v) is 3.96. The predicted octanol–water partition coefficient (Wildman–Crippen LogP) is 2.61. The average Bonchev–Trinajstić information content (AvgIpc) is 2.96. The third kappa shape index (κ3) is 4.38. The van der Waals surface area contributed by atoms with E-state index in [1.165, 1.54) is 0 Å². The zero-order valence-electron chi connectivity index (χ0n) is 11.7. The SMILES string of the molecule is CCOCCC(Cc1nc(-c2ccccc2)cs1)NN. The number of thiazole rings is 1. The van der Waals surface area contributed by atoms with Crippen molar-refractivity contribution >= 4 is 11.3 Å². The second kappa shape index (κ2) is 8.11. The van der Waals surface area contributed by atoms with E-state index in [-0.39, 0.29) is 6.04 Å². The van der Waals surface area contributed by atoms with E-state index in [0.29, 0.717) is 0 Å². The Balaban J connectivity index is 1.94. The molecule has 1 atom stereocenters. The van der Waals surface area contributed by atoms with Gasteiger partial charge in [0.25, 0.3) is 0 Å². The van der Waals surface area contributed by atoms with Crippen molar-refractivity contribution in [2.45, 2.75) is 25.8 Å². The Labute approximate surface area is 124 Å². The van der Waals surface area contributed by atoms with Gasteiger partial charge in [-0.2, -0.15) is 0 Å². The number of nitrogens with zero attached hydrogens (tertiary/aromatic N) is 1. The van der Waals surface area contributed by atoms with Gasteiger partial charge < -0.3 is 4.74 Å². The van der Waals surface area contributed by atoms with Gasteiger partial charge in [0.1, 0.15) is 0 Å². The van der Waals surface area contributed by atoms with E-state index in [1.807, 2.05) is 25.1 Å². The maximum absolute atomic E-state index is 5.59. The molecule has 0 aliphatic carbocycles. The Bertz CT molecular complexity index is 501. The average molecular weight is 291 g/mol. The Hall–Kier alpha value is -1.27. The summed E-state index contributed by atoms with van der Waals surface area (Å²) in [5.41, 5.74) is 5.03. The van der Waals surface area contributed by atoms with Crippen LogP contribution in [0.1, 0.15) is 18.4 Å². The van der Waals surface area contributed by atoms with Gasteiger partial charge in [-0.15, -0.1) is 11.3 Å². The highest BCUT2D eigenvalue weighted by atomic mass is 32.1. The van der Waals surface area contributed by atoms with Gasteiger partial charge in [-0.1, -0.05) is 30.3 Å². The van der Waals surface area contributed by atoms with E-state index in [1.54, 1.807) is 11.3 Å². The molecule has 0 fully saturated rings. The number of nitrogens with two attached hydrogens (primary N) is 1. The summed E-state index contributed by atoms with van der Waals surface area (Å²) < 4.78 is 5.37. The van der Waals surface area contributed by atoms with Crippen molar-refractivity contribution in [1.82, 2.24) is 10.4 Å². The minimum absolute atomic E-state index is 0.205. The molecule has 3 N–H and O–H groups in total. The van der Waals surface area contributed by atoms with Gasteiger partial charge in [-0.25, -0.2) is 4.98 Å². The van der Waals surface area contributed by atoms with Crippen LogP contribution in [0.25, 0.3) is 11.3 Å². The lowest BCUT2D eigenvalue weighted by molar-refractivity contribution is 0.136. The molecule has 1 unspecified atom stereocenters. The van der Waals surface area contributed by atoms with Crippen molar-refractivity contribution in [1.29, 1.82) is 0 Å². The minimum Gasteiger partial charge on any atom is -0.382 e. The smallest absolute Gasteiger partial charge is 0.0948 e. The Kier molecular flexibility index (Phi) is 6.14. The number of hydrogen-bond donors (Lipinski definition) is 2. The summed E-state index contributed by atoms with van der Waals surface area (Å²) in [6, 6.07) is 10.4. The van der Waals surface area contributed by atoms with Gasteiger partial charge in [-0.05, 0) is 13.3 Å². The second-order valence-corrected chi connectivity index (χ2v) is 5.49. The fraction of sp³-hybridized carbons (Fsp3) is 0.400. The summed E-state index contributed by atoms with van der Waals surface area (Å²) in [5, 5.41) is 3.20. The molecule has 1 aromatic heterocycles. The lowest BCUT2D eigenvalue weighted by Crippen LogP contribution is -2.37. The standard InChI is InChI=1S/C15H21N3OS/c1-2-19-9-8-13(18-16)10-15-17-14(11-20-15)12-6-4-3-5-7-12/h3-7,11,13,18H,2,8-10,16H2,1H3. The van der Waals surface area contributed by atoms with Crippen molar-refractivity contribution in [3.05, 3.63) is 40.7 Å². The monoisotopic (exact) mass is 291 g/mol. The normalized spacial score (nSPS) is 12.5. The van der Waals surface area contributed by atoms with Crippen LogP contribution in [0.15, 0.2) is 35.7 Å². The van der Waals surface area contributed by atoms with Crippen LogP contribution >= 0.6 is 11.3 Å². The number of hydrogen-bond acceptors (Lipinski definition) is 5. The molecule has 0 amide bonds. The van der Waals surface area contributed by atoms with E-state index in [0.717, 1.165) is 42.3 Å². The topological polar surface area (TPSA) is 60.2 Å². The molecule has 108 valence electrons. The van der Waals surface area contributed by atoms with Crippen LogP contribution in [0.3, 0.4) is 0 Å². The molecule has 1 heterocycles. The van der Waals surface area contributed by atoms with Crippen molar-refractivity contribution < 1.29 is 4.74 Å². The van der Waals surface area contributed by atoms with Gasteiger partial charge in [0.15, 0.2) is 0 Å². The molecule has 0 spiro atoms. The highest BCUT2D eigenvalue weighted by Gasteiger charge is 2.11. The van der Waals surface area contributed by atoms with E-state index >= 15 is 0 Å². The summed E-state index contributed by atoms with van der Waals surface area (Å²) in [7, 11) is 0. The van der Waals surface area contributed by atoms with Crippen LogP contribution in [-0.2, 0) is 11.2 Å². The molecule has 0 saturated carbocycles. The summed E-state index contributed by atoms with van der Waals surface area (Å²) in [6.07, 6.45) is 1.73. The van der Waals surface area contributed by atoms with Crippen molar-refractivity contribution in [2.24, 2.45) is 5.84 Å². The van der Waals surface area contributed by atoms with E-state index in [9.17, 15) is 0 Å². The molecule has 0 bridgehead atoms. The summed E-state index contributed by atoms with van der Waals surface area (Å²) in [4.78, 5) is 4.68. The maximum Gasteiger partial charge on any atom is 0.0948 e. The molecule has 0 radical (unpaired) electrons. The van der Waals surface area contributed by atoms with Crippen molar-refractivity contribution in [2.75, 3.05) is 13.2 Å². The Morgan fingerprint density at radius 1 is 1.35 bits per heavy atom. The van der Waals surface area contributed by atoms with Crippen LogP contribution in [0.2, 0.25) is 0 Å². The predicted molar refractivity (Wildman–Crippen MR) is 83.5 cm³/mol. The molecule has 2 aromatic rings. The molecule has 1 aromatic carbocycles. The molecule has 2 rings (SSSR count). The summed E-state index contributed by atoms with van der Waals surface area (Å²) in [6.45, 7) is 3.47. The fourth-order valence-corrected chi connectivity index (χ4v) is 2.86. The molecule has 0 aliphatic rings. The van der Waals surface area contributed by atoms with Crippen molar-refractivity contribution in [3.63, 3.8) is 0 Å². The third-order valence-electron chi connectivity index (χ3n) is 3.09. The number of aromatic nitrogens is 1. The van der Waals surface area contributed by atoms with Gasteiger partial charge in [0.05, 0.1) is 10.7 Å². The highest BCUT2D eigenvalue weighted by molar-refractivity contribution is 7.09. The first kappa shape index (κ1) is 15.1. The van der Waals surface area contributed by atoms with Crippen LogP contribution in [0.4, 0.5) is 0 Å². The summed E-state index contributed by atoms with van der Waals surface area (Å²) >= 11 is 1.68. The number of hydrazine groups is 1. The maximum atomic E-state index is 5.59. The van der Waals surface area contributed by atoms with E-state index in [4.69, 9.17) is 10.6 Å². The van der Waals surface area contributed by atoms with Gasteiger partial charge >= 0.3 is 0 Å². The van der Waals surface area contributed by atoms with Crippen LogP contribution < -0.4 is 11.3 Å². The van der Waals surface area contributed by atoms with Crippen LogP contribution in [-0.4, -0.2) is 24.2 Å². The number of benzene rings is 1. The molecular weight excluding hydrogens is 270 g/mol. The quantitative estimate of drug-likeness (QED) is 0.446. The zero-order valence-corrected chi connectivity index (χ0v) is 12.5. The van der Waals surface area contributed by atoms with Gasteiger partial charge in [0.2, 0.25) is 0 Å². The molecule has 20 heavy (non-hydrogen) atoms. The second-order valence-electron chi connectivity index (χ2n) is 4.55. The van der Waals surface area contributed by atoms with Crippen LogP contribution in [0, 0.1) is 0 Å². The van der Waals surface area contributed by atoms with Crippen LogP contribution in [0.5, 0.6) is 0 Å². The molecule has 0 aliphatic heterocycles. The Morgan fingerprint density at radius 2 is 2.15 bits per heavy atom. The molecule has 5 heteroatoms. The largest absolute Gasteiger partial charge is 0.382 e. The zero-order chi connectivity index (χ0) is 14.2. The van der Waals surface area contributed by atoms with E-state index < -0.39 is 0 Å². The molecular formula is C15H21N3OS. The van der Waals surface area contributed by atoms with E-state index in [2.05, 4.69) is 27.9 Å². The lowest BCUT2D eigenvalue weighted by atomic mass is 10.1. The first-order valence-corrected chi connectivity index (χ1v) is 7.75. The summed E-state index contributed by atoms with van der Waals surface area (Å²) in [5.74, 6) is 5.59. The lowest BCUT2D eigenvalue weighted by Gasteiger charge is -2.13. The van der Waals surface area contributed by atoms with Gasteiger partial charge in [-0.3, -0.25) is 11.3 Å². The van der Waals surface area contributed by atoms with Crippen molar-refractivity contribution in [3.8, 4) is 11.3 Å². The highest BCUT2D eigenvalue weighted by Crippen LogP contribution is 2.22. The minimum atomic E-state index is 0.205. The first-order chi connectivity index (χ1) is 9.83. The first-order valence-electron chi connectivity index (χ1n) is 6.87. The number of ether oxygens (including phenoxy) is 1. The number of nitrogens with one attached hydrogen (secondary N) is 1. The Morgan fingerprint density at radius 3 is 2.85 bits per heavy atom. The molecule has 0 saturated heterocycles.